The quantitative estimate of drug-likeness (QED) is 0.237. The first-order chi connectivity index (χ1) is 15.1. The topological polar surface area (TPSA) is 62.5 Å². The van der Waals surface area contributed by atoms with Crippen molar-refractivity contribution in [2.45, 2.75) is 6.54 Å². The lowest BCUT2D eigenvalue weighted by atomic mass is 10.2. The van der Waals surface area contributed by atoms with E-state index in [4.69, 9.17) is 23.2 Å². The van der Waals surface area contributed by atoms with E-state index in [1.165, 1.54) is 0 Å². The largest absolute Gasteiger partial charge is 0.369 e. The predicted molar refractivity (Wildman–Crippen MR) is 131 cm³/mol. The zero-order valence-corrected chi connectivity index (χ0v) is 19.8. The number of imidazole rings is 1. The Bertz CT molecular complexity index is 1000. The molecule has 0 atom stereocenters. The fourth-order valence-corrected chi connectivity index (χ4v) is 3.61. The number of carbonyl (C=O) groups is 1. The Hall–Kier alpha value is -2.35. The normalized spacial score (nSPS) is 11.1. The molecule has 3 aromatic rings. The Morgan fingerprint density at radius 2 is 1.77 bits per heavy atom. The highest BCUT2D eigenvalue weighted by atomic mass is 79.9. The van der Waals surface area contributed by atoms with E-state index in [9.17, 15) is 4.79 Å². The van der Waals surface area contributed by atoms with Crippen molar-refractivity contribution in [1.29, 1.82) is 0 Å². The van der Waals surface area contributed by atoms with Crippen LogP contribution < -0.4 is 10.3 Å². The molecule has 1 N–H and O–H groups in total. The van der Waals surface area contributed by atoms with Gasteiger partial charge in [-0.2, -0.15) is 5.10 Å². The van der Waals surface area contributed by atoms with Crippen LogP contribution in [-0.2, 0) is 11.3 Å². The third-order valence-corrected chi connectivity index (χ3v) is 5.34. The molecular weight excluding hydrogens is 501 g/mol. The molecular formula is C22H22BrCl2N5O. The monoisotopic (exact) mass is 521 g/mol. The summed E-state index contributed by atoms with van der Waals surface area (Å²) >= 11 is 15.1. The van der Waals surface area contributed by atoms with Gasteiger partial charge in [0.2, 0.25) is 0 Å². The molecule has 0 bridgehead atoms. The standard InChI is InChI=1S/C22H22BrCl2N5O/c23-19-5-3-18(4-6-19)21-14-29(16-26-21)15-22(31)28-27-13-17-1-7-20(8-2-17)30(11-9-24)12-10-25/h1-8,13-14,16H,9-12,15H2,(H,28,31)/b27-13+. The van der Waals surface area contributed by atoms with Gasteiger partial charge >= 0.3 is 0 Å². The first-order valence-electron chi connectivity index (χ1n) is 9.65. The third kappa shape index (κ3) is 7.09. The summed E-state index contributed by atoms with van der Waals surface area (Å²) in [6.45, 7) is 1.59. The van der Waals surface area contributed by atoms with E-state index in [2.05, 4.69) is 36.3 Å². The van der Waals surface area contributed by atoms with Crippen molar-refractivity contribution in [3.8, 4) is 11.3 Å². The van der Waals surface area contributed by atoms with E-state index in [-0.39, 0.29) is 12.5 Å². The Balaban J connectivity index is 1.52. The summed E-state index contributed by atoms with van der Waals surface area (Å²) < 4.78 is 2.73. The average Bonchev–Trinajstić information content (AvgIpc) is 3.23. The van der Waals surface area contributed by atoms with Crippen LogP contribution in [0.4, 0.5) is 5.69 Å². The number of nitrogens with zero attached hydrogens (tertiary/aromatic N) is 4. The van der Waals surface area contributed by atoms with E-state index in [0.29, 0.717) is 11.8 Å². The van der Waals surface area contributed by atoms with Crippen molar-refractivity contribution < 1.29 is 4.79 Å². The first kappa shape index (κ1) is 23.3. The van der Waals surface area contributed by atoms with E-state index < -0.39 is 0 Å². The van der Waals surface area contributed by atoms with Crippen molar-refractivity contribution >= 4 is 56.9 Å². The minimum absolute atomic E-state index is 0.131. The van der Waals surface area contributed by atoms with Crippen LogP contribution in [0.1, 0.15) is 5.56 Å². The van der Waals surface area contributed by atoms with Crippen molar-refractivity contribution in [2.24, 2.45) is 5.10 Å². The molecule has 0 fully saturated rings. The molecule has 3 rings (SSSR count). The molecule has 0 saturated carbocycles. The maximum Gasteiger partial charge on any atom is 0.260 e. The van der Waals surface area contributed by atoms with Gasteiger partial charge < -0.3 is 9.47 Å². The number of nitrogens with one attached hydrogen (secondary N) is 1. The van der Waals surface area contributed by atoms with E-state index in [1.54, 1.807) is 17.1 Å². The van der Waals surface area contributed by atoms with E-state index in [0.717, 1.165) is 40.1 Å². The first-order valence-corrected chi connectivity index (χ1v) is 11.5. The van der Waals surface area contributed by atoms with Crippen molar-refractivity contribution in [1.82, 2.24) is 15.0 Å². The maximum absolute atomic E-state index is 12.2. The number of carbonyl (C=O) groups excluding carboxylic acids is 1. The molecule has 0 saturated heterocycles. The molecule has 0 unspecified atom stereocenters. The second-order valence-electron chi connectivity index (χ2n) is 6.69. The van der Waals surface area contributed by atoms with Crippen molar-refractivity contribution in [2.75, 3.05) is 29.7 Å². The Morgan fingerprint density at radius 1 is 1.10 bits per heavy atom. The Labute approximate surface area is 200 Å². The summed E-state index contributed by atoms with van der Waals surface area (Å²) in [6.07, 6.45) is 5.07. The third-order valence-electron chi connectivity index (χ3n) is 4.47. The van der Waals surface area contributed by atoms with Gasteiger partial charge in [0.1, 0.15) is 6.54 Å². The van der Waals surface area contributed by atoms with Gasteiger partial charge in [-0.05, 0) is 29.8 Å². The number of aromatic nitrogens is 2. The molecule has 31 heavy (non-hydrogen) atoms. The maximum atomic E-state index is 12.2. The van der Waals surface area contributed by atoms with Gasteiger partial charge in [0.05, 0.1) is 18.2 Å². The van der Waals surface area contributed by atoms with Crippen LogP contribution >= 0.6 is 39.1 Å². The van der Waals surface area contributed by atoms with Crippen molar-refractivity contribution in [3.05, 3.63) is 71.1 Å². The summed E-state index contributed by atoms with van der Waals surface area (Å²) in [5, 5.41) is 4.04. The Morgan fingerprint density at radius 3 is 2.42 bits per heavy atom. The SMILES string of the molecule is O=C(Cn1cnc(-c2ccc(Br)cc2)c1)N/N=C/c1ccc(N(CCCl)CCCl)cc1. The van der Waals surface area contributed by atoms with Crippen LogP contribution in [-0.4, -0.2) is 46.5 Å². The second kappa shape index (κ2) is 11.9. The number of alkyl halides is 2. The van der Waals surface area contributed by atoms with Gasteiger partial charge in [0.25, 0.3) is 5.91 Å². The molecule has 6 nitrogen and oxygen atoms in total. The van der Waals surface area contributed by atoms with Crippen LogP contribution in [0, 0.1) is 0 Å². The van der Waals surface area contributed by atoms with Gasteiger partial charge in [0, 0.05) is 46.8 Å². The minimum Gasteiger partial charge on any atom is -0.369 e. The lowest BCUT2D eigenvalue weighted by Crippen LogP contribution is -2.27. The molecule has 9 heteroatoms. The molecule has 0 spiro atoms. The van der Waals surface area contributed by atoms with Crippen LogP contribution in [0.5, 0.6) is 0 Å². The average molecular weight is 523 g/mol. The number of amides is 1. The molecule has 0 aliphatic carbocycles. The second-order valence-corrected chi connectivity index (χ2v) is 8.36. The fraction of sp³-hybridized carbons (Fsp3) is 0.227. The van der Waals surface area contributed by atoms with Crippen LogP contribution in [0.15, 0.2) is 70.6 Å². The summed E-state index contributed by atoms with van der Waals surface area (Å²) in [5.74, 6) is 0.837. The summed E-state index contributed by atoms with van der Waals surface area (Å²) in [5.41, 5.74) is 6.26. The predicted octanol–water partition coefficient (Wildman–Crippen LogP) is 4.75. The number of halogens is 3. The highest BCUT2D eigenvalue weighted by molar-refractivity contribution is 9.10. The zero-order valence-electron chi connectivity index (χ0n) is 16.7. The summed E-state index contributed by atoms with van der Waals surface area (Å²) in [4.78, 5) is 18.6. The van der Waals surface area contributed by atoms with Gasteiger partial charge in [0.15, 0.2) is 0 Å². The lowest BCUT2D eigenvalue weighted by molar-refractivity contribution is -0.121. The van der Waals surface area contributed by atoms with Crippen LogP contribution in [0.2, 0.25) is 0 Å². The number of benzene rings is 2. The molecule has 2 aromatic carbocycles. The molecule has 162 valence electrons. The number of hydrogen-bond donors (Lipinski definition) is 1. The number of rotatable bonds is 10. The number of hydrazone groups is 1. The Kier molecular flexibility index (Phi) is 8.94. The van der Waals surface area contributed by atoms with Gasteiger partial charge in [-0.15, -0.1) is 23.2 Å². The van der Waals surface area contributed by atoms with Crippen LogP contribution in [0.3, 0.4) is 0 Å². The molecule has 0 aliphatic rings. The van der Waals surface area contributed by atoms with Gasteiger partial charge in [-0.3, -0.25) is 4.79 Å². The molecule has 0 radical (unpaired) electrons. The van der Waals surface area contributed by atoms with Gasteiger partial charge in [-0.25, -0.2) is 10.4 Å². The molecule has 1 aromatic heterocycles. The molecule has 1 heterocycles. The minimum atomic E-state index is -0.233. The smallest absolute Gasteiger partial charge is 0.260 e. The number of anilines is 1. The number of hydrogen-bond acceptors (Lipinski definition) is 4. The summed E-state index contributed by atoms with van der Waals surface area (Å²) in [7, 11) is 0. The highest BCUT2D eigenvalue weighted by Crippen LogP contribution is 2.20. The highest BCUT2D eigenvalue weighted by Gasteiger charge is 2.06. The van der Waals surface area contributed by atoms with E-state index in [1.807, 2.05) is 54.7 Å². The lowest BCUT2D eigenvalue weighted by Gasteiger charge is -2.22. The molecule has 0 aliphatic heterocycles. The zero-order chi connectivity index (χ0) is 22.1. The van der Waals surface area contributed by atoms with Gasteiger partial charge in [-0.1, -0.05) is 40.2 Å². The molecule has 1 amide bonds. The van der Waals surface area contributed by atoms with Crippen molar-refractivity contribution in [3.63, 3.8) is 0 Å². The fourth-order valence-electron chi connectivity index (χ4n) is 2.94. The van der Waals surface area contributed by atoms with Crippen LogP contribution in [0.25, 0.3) is 11.3 Å². The summed E-state index contributed by atoms with van der Waals surface area (Å²) in [6, 6.07) is 15.7. The van der Waals surface area contributed by atoms with E-state index >= 15 is 0 Å².